The summed E-state index contributed by atoms with van der Waals surface area (Å²) in [5.74, 6) is -0.819. The molecule has 1 aromatic rings. The number of hydrogen-bond donors (Lipinski definition) is 1. The third-order valence-electron chi connectivity index (χ3n) is 1.80. The zero-order valence-corrected chi connectivity index (χ0v) is 10.4. The van der Waals surface area contributed by atoms with Gasteiger partial charge in [-0.2, -0.15) is 0 Å². The molecule has 0 saturated carbocycles. The number of halogens is 2. The highest BCUT2D eigenvalue weighted by Crippen LogP contribution is 2.28. The van der Waals surface area contributed by atoms with Gasteiger partial charge in [0.25, 0.3) is 0 Å². The van der Waals surface area contributed by atoms with Crippen LogP contribution in [0.1, 0.15) is 6.92 Å². The van der Waals surface area contributed by atoms with E-state index < -0.39 is 11.9 Å². The molecule has 1 rings (SSSR count). The lowest BCUT2D eigenvalue weighted by Gasteiger charge is -2.10. The summed E-state index contributed by atoms with van der Waals surface area (Å²) in [7, 11) is 0. The zero-order valence-electron chi connectivity index (χ0n) is 8.04. The van der Waals surface area contributed by atoms with Gasteiger partial charge in [-0.1, -0.05) is 11.6 Å². The first-order valence-corrected chi connectivity index (χ1v) is 5.48. The molecule has 1 aromatic carbocycles. The average Bonchev–Trinajstić information content (AvgIpc) is 2.15. The first-order chi connectivity index (χ1) is 7.00. The molecule has 0 spiro atoms. The number of benzene rings is 1. The van der Waals surface area contributed by atoms with Crippen molar-refractivity contribution >= 4 is 33.5 Å². The van der Waals surface area contributed by atoms with E-state index >= 15 is 0 Å². The molecule has 0 radical (unpaired) electrons. The fourth-order valence-electron chi connectivity index (χ4n) is 0.878. The molecular weight excluding hydrogens is 283 g/mol. The molecule has 1 atom stereocenters. The molecule has 0 saturated heterocycles. The van der Waals surface area contributed by atoms with Gasteiger partial charge in [-0.15, -0.1) is 0 Å². The summed E-state index contributed by atoms with van der Waals surface area (Å²) < 4.78 is 6.04. The van der Waals surface area contributed by atoms with Gasteiger partial charge < -0.3 is 9.84 Å². The summed E-state index contributed by atoms with van der Waals surface area (Å²) in [6.07, 6.45) is 0. The molecule has 0 aliphatic rings. The van der Waals surface area contributed by atoms with Gasteiger partial charge in [0.1, 0.15) is 12.4 Å². The number of hydrogen-bond acceptors (Lipinski definition) is 2. The maximum absolute atomic E-state index is 10.5. The van der Waals surface area contributed by atoms with Crippen LogP contribution in [0.2, 0.25) is 5.02 Å². The molecule has 0 heterocycles. The molecule has 0 fully saturated rings. The molecule has 15 heavy (non-hydrogen) atoms. The van der Waals surface area contributed by atoms with E-state index in [9.17, 15) is 4.79 Å². The number of rotatable bonds is 4. The Kier molecular flexibility index (Phi) is 4.42. The maximum Gasteiger partial charge on any atom is 0.309 e. The number of carboxylic acid groups (broad SMARTS) is 1. The molecule has 0 amide bonds. The predicted octanol–water partition coefficient (Wildman–Crippen LogP) is 3.20. The summed E-state index contributed by atoms with van der Waals surface area (Å²) in [6, 6.07) is 5.08. The van der Waals surface area contributed by atoms with Crippen molar-refractivity contribution in [2.45, 2.75) is 6.92 Å². The van der Waals surface area contributed by atoms with Crippen molar-refractivity contribution in [3.05, 3.63) is 27.7 Å². The Morgan fingerprint density at radius 2 is 2.33 bits per heavy atom. The summed E-state index contributed by atoms with van der Waals surface area (Å²) >= 11 is 9.03. The van der Waals surface area contributed by atoms with E-state index in [1.54, 1.807) is 25.1 Å². The number of carboxylic acids is 1. The van der Waals surface area contributed by atoms with Crippen molar-refractivity contribution in [3.8, 4) is 5.75 Å². The average molecular weight is 294 g/mol. The predicted molar refractivity (Wildman–Crippen MR) is 61.4 cm³/mol. The Hall–Kier alpha value is -0.740. The van der Waals surface area contributed by atoms with Crippen molar-refractivity contribution in [2.75, 3.05) is 6.61 Å². The molecule has 3 nitrogen and oxygen atoms in total. The van der Waals surface area contributed by atoms with Crippen LogP contribution in [0.5, 0.6) is 5.75 Å². The molecule has 0 aliphatic carbocycles. The maximum atomic E-state index is 10.5. The van der Waals surface area contributed by atoms with E-state index in [-0.39, 0.29) is 6.61 Å². The Balaban J connectivity index is 2.62. The van der Waals surface area contributed by atoms with Crippen LogP contribution < -0.4 is 4.74 Å². The van der Waals surface area contributed by atoms with Crippen LogP contribution in [0.25, 0.3) is 0 Å². The van der Waals surface area contributed by atoms with Crippen LogP contribution >= 0.6 is 27.5 Å². The Labute approximate surface area is 101 Å². The molecular formula is C10H10BrClO3. The third-order valence-corrected chi connectivity index (χ3v) is 2.66. The minimum atomic E-state index is -0.875. The normalized spacial score (nSPS) is 12.2. The molecule has 0 bridgehead atoms. The van der Waals surface area contributed by atoms with E-state index in [0.29, 0.717) is 15.2 Å². The lowest BCUT2D eigenvalue weighted by atomic mass is 10.2. The molecule has 1 unspecified atom stereocenters. The van der Waals surface area contributed by atoms with Gasteiger partial charge in [0.15, 0.2) is 0 Å². The van der Waals surface area contributed by atoms with Crippen LogP contribution in [0, 0.1) is 5.92 Å². The minimum absolute atomic E-state index is 0.134. The fraction of sp³-hybridized carbons (Fsp3) is 0.300. The number of carbonyl (C=O) groups is 1. The summed E-state index contributed by atoms with van der Waals surface area (Å²) in [5.41, 5.74) is 0. The lowest BCUT2D eigenvalue weighted by molar-refractivity contribution is -0.142. The van der Waals surface area contributed by atoms with Crippen LogP contribution in [-0.4, -0.2) is 17.7 Å². The largest absolute Gasteiger partial charge is 0.492 e. The smallest absolute Gasteiger partial charge is 0.309 e. The highest BCUT2D eigenvalue weighted by molar-refractivity contribution is 9.10. The van der Waals surface area contributed by atoms with Gasteiger partial charge in [-0.3, -0.25) is 4.79 Å². The first kappa shape index (κ1) is 12.3. The Morgan fingerprint density at radius 3 is 2.87 bits per heavy atom. The minimum Gasteiger partial charge on any atom is -0.492 e. The van der Waals surface area contributed by atoms with Gasteiger partial charge >= 0.3 is 5.97 Å². The topological polar surface area (TPSA) is 46.5 Å². The summed E-state index contributed by atoms with van der Waals surface area (Å²) in [4.78, 5) is 10.5. The van der Waals surface area contributed by atoms with Gasteiger partial charge in [-0.05, 0) is 41.1 Å². The molecule has 5 heteroatoms. The van der Waals surface area contributed by atoms with Crippen molar-refractivity contribution in [2.24, 2.45) is 5.92 Å². The molecule has 1 N–H and O–H groups in total. The SMILES string of the molecule is CC(COc1ccc(Cl)cc1Br)C(=O)O. The van der Waals surface area contributed by atoms with Crippen LogP contribution in [-0.2, 0) is 4.79 Å². The second kappa shape index (κ2) is 5.37. The van der Waals surface area contributed by atoms with Crippen LogP contribution in [0.4, 0.5) is 0 Å². The highest BCUT2D eigenvalue weighted by Gasteiger charge is 2.12. The second-order valence-corrected chi connectivity index (χ2v) is 4.42. The standard InChI is InChI=1S/C10H10BrClO3/c1-6(10(13)14)5-15-9-3-2-7(12)4-8(9)11/h2-4,6H,5H2,1H3,(H,13,14). The quantitative estimate of drug-likeness (QED) is 0.927. The monoisotopic (exact) mass is 292 g/mol. The third kappa shape index (κ3) is 3.72. The van der Waals surface area contributed by atoms with Crippen molar-refractivity contribution in [1.82, 2.24) is 0 Å². The van der Waals surface area contributed by atoms with Gasteiger partial charge in [0.2, 0.25) is 0 Å². The second-order valence-electron chi connectivity index (χ2n) is 3.13. The number of ether oxygens (including phenoxy) is 1. The van der Waals surface area contributed by atoms with Crippen molar-refractivity contribution in [1.29, 1.82) is 0 Å². The van der Waals surface area contributed by atoms with Gasteiger partial charge in [0.05, 0.1) is 10.4 Å². The summed E-state index contributed by atoms with van der Waals surface area (Å²) in [5, 5.41) is 9.26. The van der Waals surface area contributed by atoms with Crippen LogP contribution in [0.3, 0.4) is 0 Å². The molecule has 82 valence electrons. The van der Waals surface area contributed by atoms with Gasteiger partial charge in [0, 0.05) is 5.02 Å². The van der Waals surface area contributed by atoms with Crippen molar-refractivity contribution < 1.29 is 14.6 Å². The van der Waals surface area contributed by atoms with E-state index in [1.807, 2.05) is 0 Å². The lowest BCUT2D eigenvalue weighted by Crippen LogP contribution is -2.18. The van der Waals surface area contributed by atoms with E-state index in [0.717, 1.165) is 0 Å². The number of aliphatic carboxylic acids is 1. The highest BCUT2D eigenvalue weighted by atomic mass is 79.9. The van der Waals surface area contributed by atoms with Crippen molar-refractivity contribution in [3.63, 3.8) is 0 Å². The molecule has 0 aliphatic heterocycles. The molecule has 0 aromatic heterocycles. The summed E-state index contributed by atoms with van der Waals surface area (Å²) in [6.45, 7) is 1.72. The van der Waals surface area contributed by atoms with E-state index in [1.165, 1.54) is 0 Å². The van der Waals surface area contributed by atoms with E-state index in [4.69, 9.17) is 21.4 Å². The Bertz CT molecular complexity index is 368. The fourth-order valence-corrected chi connectivity index (χ4v) is 1.68. The van der Waals surface area contributed by atoms with Gasteiger partial charge in [-0.25, -0.2) is 0 Å². The van der Waals surface area contributed by atoms with E-state index in [2.05, 4.69) is 15.9 Å². The Morgan fingerprint density at radius 1 is 1.67 bits per heavy atom. The van der Waals surface area contributed by atoms with Crippen LogP contribution in [0.15, 0.2) is 22.7 Å². The zero-order chi connectivity index (χ0) is 11.4. The first-order valence-electron chi connectivity index (χ1n) is 4.31.